The quantitative estimate of drug-likeness (QED) is 0.504. The van der Waals surface area contributed by atoms with Gasteiger partial charge >= 0.3 is 0 Å². The Balaban J connectivity index is 0.000000261. The van der Waals surface area contributed by atoms with E-state index in [1.54, 1.807) is 13.8 Å². The van der Waals surface area contributed by atoms with E-state index in [4.69, 9.17) is 19.7 Å². The molecule has 2 aliphatic rings. The summed E-state index contributed by atoms with van der Waals surface area (Å²) in [5.41, 5.74) is 0.861. The lowest BCUT2D eigenvalue weighted by molar-refractivity contribution is -0.0431. The fraction of sp³-hybridized carbons (Fsp3) is 0.389. The fourth-order valence-corrected chi connectivity index (χ4v) is 2.12. The number of hydrogen-bond donors (Lipinski definition) is 4. The lowest BCUT2D eigenvalue weighted by atomic mass is 10.2. The second-order valence-electron chi connectivity index (χ2n) is 5.64. The molecule has 7 heteroatoms. The van der Waals surface area contributed by atoms with Crippen molar-refractivity contribution in [3.05, 3.63) is 47.8 Å². The summed E-state index contributed by atoms with van der Waals surface area (Å²) >= 11 is 0. The molecule has 0 saturated heterocycles. The third kappa shape index (κ3) is 5.40. The van der Waals surface area contributed by atoms with Gasteiger partial charge in [0.25, 0.3) is 0 Å². The minimum atomic E-state index is -1.59. The van der Waals surface area contributed by atoms with Crippen molar-refractivity contribution in [2.75, 3.05) is 6.54 Å². The Kier molecular flexibility index (Phi) is 6.72. The number of nitrogens with zero attached hydrogens (tertiary/aromatic N) is 1. The normalized spacial score (nSPS) is 13.9. The Hall–Kier alpha value is -2.19. The average molecular weight is 348 g/mol. The summed E-state index contributed by atoms with van der Waals surface area (Å²) < 4.78 is 10.6. The van der Waals surface area contributed by atoms with Gasteiger partial charge in [0.2, 0.25) is 0 Å². The number of hydrogen-bond acceptors (Lipinski definition) is 7. The summed E-state index contributed by atoms with van der Waals surface area (Å²) in [6.07, 6.45) is -1.49. The molecule has 0 saturated carbocycles. The largest absolute Gasteiger partial charge is 0.471 e. The minimum absolute atomic E-state index is 0.247. The Labute approximate surface area is 146 Å². The van der Waals surface area contributed by atoms with Crippen LogP contribution in [0.25, 0.3) is 0 Å². The molecule has 2 aromatic rings. The molecule has 4 rings (SSSR count). The standard InChI is InChI=1S/C12H20N2O4.C6H4O/c1-4-13-11(8(3)15)18-10-5-9(12(16)17)6-14-7(10)2;1-2-5-4-6(3-1)7-5/h5-6,8,11-13,15-17H,4H2,1-3H3;1-4H. The molecule has 0 fully saturated rings. The number of aliphatic hydroxyl groups is 3. The average Bonchev–Trinajstić information content (AvgIpc) is 2.56. The number of aromatic nitrogens is 1. The SMILES string of the molecule is CCNC(Oc1cc(C(O)O)cnc1C)C(C)O.c1cc2cc(c1)O2. The number of aliphatic hydroxyl groups excluding tert-OH is 2. The molecule has 0 spiro atoms. The van der Waals surface area contributed by atoms with Crippen molar-refractivity contribution in [2.45, 2.75) is 39.4 Å². The van der Waals surface area contributed by atoms with Crippen LogP contribution in [-0.4, -0.2) is 39.2 Å². The Morgan fingerprint density at radius 2 is 1.84 bits per heavy atom. The van der Waals surface area contributed by atoms with Crippen molar-refractivity contribution < 1.29 is 24.8 Å². The van der Waals surface area contributed by atoms with Gasteiger partial charge in [0.05, 0.1) is 5.69 Å². The van der Waals surface area contributed by atoms with Gasteiger partial charge in [0.15, 0.2) is 12.5 Å². The highest BCUT2D eigenvalue weighted by atomic mass is 16.5. The second kappa shape index (κ2) is 8.77. The van der Waals surface area contributed by atoms with Gasteiger partial charge in [-0.05, 0) is 38.6 Å². The summed E-state index contributed by atoms with van der Waals surface area (Å²) in [6, 6.07) is 9.36. The number of benzene rings is 1. The van der Waals surface area contributed by atoms with Crippen molar-refractivity contribution in [1.29, 1.82) is 0 Å². The number of aryl methyl sites for hydroxylation is 1. The van der Waals surface area contributed by atoms with Gasteiger partial charge in [-0.15, -0.1) is 0 Å². The van der Waals surface area contributed by atoms with Crippen LogP contribution in [0.4, 0.5) is 0 Å². The van der Waals surface area contributed by atoms with Crippen molar-refractivity contribution in [1.82, 2.24) is 10.3 Å². The molecule has 25 heavy (non-hydrogen) atoms. The molecule has 1 aromatic carbocycles. The number of rotatable bonds is 6. The fourth-order valence-electron chi connectivity index (χ4n) is 2.12. The molecule has 2 aliphatic heterocycles. The van der Waals surface area contributed by atoms with Gasteiger partial charge in [-0.25, -0.2) is 0 Å². The molecule has 2 bridgehead atoms. The molecule has 0 radical (unpaired) electrons. The summed E-state index contributed by atoms with van der Waals surface area (Å²) in [5, 5.41) is 30.7. The lowest BCUT2D eigenvalue weighted by Gasteiger charge is -2.23. The molecular formula is C18H24N2O5. The van der Waals surface area contributed by atoms with Crippen LogP contribution in [0, 0.1) is 6.92 Å². The van der Waals surface area contributed by atoms with Crippen molar-refractivity contribution in [3.63, 3.8) is 0 Å². The van der Waals surface area contributed by atoms with E-state index in [1.165, 1.54) is 12.3 Å². The van der Waals surface area contributed by atoms with Gasteiger partial charge in [0.1, 0.15) is 23.4 Å². The highest BCUT2D eigenvalue weighted by molar-refractivity contribution is 5.43. The maximum atomic E-state index is 9.57. The van der Waals surface area contributed by atoms with E-state index in [0.29, 0.717) is 18.0 Å². The molecule has 136 valence electrons. The molecular weight excluding hydrogens is 324 g/mol. The maximum absolute atomic E-state index is 9.57. The van der Waals surface area contributed by atoms with Crippen molar-refractivity contribution >= 4 is 0 Å². The summed E-state index contributed by atoms with van der Waals surface area (Å²) in [7, 11) is 0. The first-order chi connectivity index (χ1) is 11.9. The van der Waals surface area contributed by atoms with E-state index in [9.17, 15) is 5.11 Å². The summed E-state index contributed by atoms with van der Waals surface area (Å²) in [4.78, 5) is 4.02. The first-order valence-corrected chi connectivity index (χ1v) is 8.09. The lowest BCUT2D eigenvalue weighted by Crippen LogP contribution is -2.43. The minimum Gasteiger partial charge on any atom is -0.471 e. The van der Waals surface area contributed by atoms with E-state index in [-0.39, 0.29) is 5.56 Å². The van der Waals surface area contributed by atoms with Crippen LogP contribution in [0.3, 0.4) is 0 Å². The van der Waals surface area contributed by atoms with Crippen LogP contribution in [0.2, 0.25) is 0 Å². The van der Waals surface area contributed by atoms with Gasteiger partial charge < -0.3 is 24.8 Å². The van der Waals surface area contributed by atoms with E-state index >= 15 is 0 Å². The first-order valence-electron chi connectivity index (χ1n) is 8.09. The van der Waals surface area contributed by atoms with Crippen LogP contribution in [0.5, 0.6) is 17.2 Å². The Morgan fingerprint density at radius 1 is 1.20 bits per heavy atom. The van der Waals surface area contributed by atoms with Gasteiger partial charge in [-0.2, -0.15) is 0 Å². The van der Waals surface area contributed by atoms with E-state index in [2.05, 4.69) is 10.3 Å². The highest BCUT2D eigenvalue weighted by Gasteiger charge is 2.17. The smallest absolute Gasteiger partial charge is 0.180 e. The van der Waals surface area contributed by atoms with Crippen LogP contribution in [0.15, 0.2) is 36.5 Å². The highest BCUT2D eigenvalue weighted by Crippen LogP contribution is 2.32. The monoisotopic (exact) mass is 348 g/mol. The van der Waals surface area contributed by atoms with Crippen molar-refractivity contribution in [3.8, 4) is 17.2 Å². The number of ether oxygens (including phenoxy) is 2. The van der Waals surface area contributed by atoms with Crippen LogP contribution in [-0.2, 0) is 0 Å². The predicted molar refractivity (Wildman–Crippen MR) is 92.4 cm³/mol. The molecule has 1 aromatic heterocycles. The molecule has 0 aliphatic carbocycles. The van der Waals surface area contributed by atoms with Gasteiger partial charge in [0, 0.05) is 17.8 Å². The first kappa shape index (κ1) is 19.1. The number of nitrogens with one attached hydrogen (secondary N) is 1. The third-order valence-corrected chi connectivity index (χ3v) is 3.50. The van der Waals surface area contributed by atoms with E-state index < -0.39 is 18.6 Å². The van der Waals surface area contributed by atoms with E-state index in [0.717, 1.165) is 11.5 Å². The van der Waals surface area contributed by atoms with Crippen LogP contribution in [0.1, 0.15) is 31.4 Å². The topological polar surface area (TPSA) is 104 Å². The molecule has 2 atom stereocenters. The van der Waals surface area contributed by atoms with Crippen molar-refractivity contribution in [2.24, 2.45) is 0 Å². The Bertz CT molecular complexity index is 666. The van der Waals surface area contributed by atoms with E-state index in [1.807, 2.05) is 31.2 Å². The zero-order valence-corrected chi connectivity index (χ0v) is 14.5. The van der Waals surface area contributed by atoms with Crippen LogP contribution < -0.4 is 14.8 Å². The second-order valence-corrected chi connectivity index (χ2v) is 5.64. The molecule has 7 nitrogen and oxygen atoms in total. The third-order valence-electron chi connectivity index (χ3n) is 3.50. The number of likely N-dealkylation sites (N-methyl/N-ethyl adjacent to an activating group) is 1. The zero-order chi connectivity index (χ0) is 18.4. The predicted octanol–water partition coefficient (Wildman–Crippen LogP) is 1.86. The Morgan fingerprint density at radius 3 is 2.24 bits per heavy atom. The van der Waals surface area contributed by atoms with Crippen LogP contribution >= 0.6 is 0 Å². The molecule has 0 amide bonds. The number of pyridine rings is 1. The molecule has 3 heterocycles. The number of fused-ring (bicyclic) bond motifs is 2. The molecule has 4 N–H and O–H groups in total. The molecule has 2 unspecified atom stereocenters. The zero-order valence-electron chi connectivity index (χ0n) is 14.5. The summed E-state index contributed by atoms with van der Waals surface area (Å²) in [6.45, 7) is 5.90. The van der Waals surface area contributed by atoms with Gasteiger partial charge in [-0.3, -0.25) is 10.3 Å². The summed E-state index contributed by atoms with van der Waals surface area (Å²) in [5.74, 6) is 2.38. The van der Waals surface area contributed by atoms with Gasteiger partial charge in [-0.1, -0.05) is 13.0 Å². The maximum Gasteiger partial charge on any atom is 0.180 e.